The molecular formula is C13H19NO2. The topological polar surface area (TPSA) is 41.5 Å². The van der Waals surface area contributed by atoms with Gasteiger partial charge in [-0.3, -0.25) is 0 Å². The lowest BCUT2D eigenvalue weighted by Gasteiger charge is -2.34. The highest BCUT2D eigenvalue weighted by molar-refractivity contribution is 5.21. The van der Waals surface area contributed by atoms with Crippen LogP contribution in [0.5, 0.6) is 0 Å². The van der Waals surface area contributed by atoms with Crippen molar-refractivity contribution in [1.29, 1.82) is 0 Å². The van der Waals surface area contributed by atoms with Crippen LogP contribution in [0.2, 0.25) is 0 Å². The first kappa shape index (κ1) is 11.6. The molecule has 0 saturated heterocycles. The number of hydrogen-bond donors (Lipinski definition) is 2. The van der Waals surface area contributed by atoms with E-state index in [1.54, 1.807) is 7.11 Å². The Morgan fingerprint density at radius 3 is 2.44 bits per heavy atom. The molecule has 1 aromatic carbocycles. The average molecular weight is 221 g/mol. The maximum Gasteiger partial charge on any atom is 0.0681 e. The molecule has 3 heteroatoms. The molecule has 2 N–H and O–H groups in total. The molecule has 0 heterocycles. The predicted octanol–water partition coefficient (Wildman–Crippen LogP) is 1.45. The van der Waals surface area contributed by atoms with Crippen molar-refractivity contribution in [2.75, 3.05) is 7.11 Å². The number of benzene rings is 1. The van der Waals surface area contributed by atoms with Crippen molar-refractivity contribution in [1.82, 2.24) is 5.32 Å². The van der Waals surface area contributed by atoms with E-state index in [0.717, 1.165) is 24.9 Å². The molecule has 3 nitrogen and oxygen atoms in total. The summed E-state index contributed by atoms with van der Waals surface area (Å²) in [5.74, 6) is 0. The van der Waals surface area contributed by atoms with Crippen LogP contribution in [0, 0.1) is 0 Å². The smallest absolute Gasteiger partial charge is 0.0681 e. The Morgan fingerprint density at radius 1 is 1.25 bits per heavy atom. The van der Waals surface area contributed by atoms with Gasteiger partial charge < -0.3 is 15.2 Å². The Morgan fingerprint density at radius 2 is 1.88 bits per heavy atom. The van der Waals surface area contributed by atoms with Crippen LogP contribution in [0.15, 0.2) is 24.3 Å². The van der Waals surface area contributed by atoms with Gasteiger partial charge in [0.15, 0.2) is 0 Å². The Balaban J connectivity index is 1.73. The first-order chi connectivity index (χ1) is 7.81. The normalized spacial score (nSPS) is 24.1. The van der Waals surface area contributed by atoms with E-state index in [4.69, 9.17) is 9.84 Å². The molecule has 0 aliphatic heterocycles. The summed E-state index contributed by atoms with van der Waals surface area (Å²) in [7, 11) is 1.77. The van der Waals surface area contributed by atoms with E-state index in [9.17, 15) is 0 Å². The van der Waals surface area contributed by atoms with Gasteiger partial charge >= 0.3 is 0 Å². The van der Waals surface area contributed by atoms with Gasteiger partial charge in [0.25, 0.3) is 0 Å². The van der Waals surface area contributed by atoms with Gasteiger partial charge in [-0.15, -0.1) is 0 Å². The van der Waals surface area contributed by atoms with E-state index < -0.39 is 0 Å². The maximum absolute atomic E-state index is 8.92. The van der Waals surface area contributed by atoms with Gasteiger partial charge in [-0.25, -0.2) is 0 Å². The predicted molar refractivity (Wildman–Crippen MR) is 63.0 cm³/mol. The van der Waals surface area contributed by atoms with E-state index >= 15 is 0 Å². The van der Waals surface area contributed by atoms with Crippen molar-refractivity contribution in [2.45, 2.75) is 38.1 Å². The van der Waals surface area contributed by atoms with Crippen LogP contribution in [0.1, 0.15) is 24.0 Å². The Kier molecular flexibility index (Phi) is 3.93. The number of nitrogens with one attached hydrogen (secondary N) is 1. The molecule has 16 heavy (non-hydrogen) atoms. The molecule has 0 unspecified atom stereocenters. The van der Waals surface area contributed by atoms with Gasteiger partial charge in [0, 0.05) is 19.7 Å². The van der Waals surface area contributed by atoms with Gasteiger partial charge in [0.1, 0.15) is 0 Å². The van der Waals surface area contributed by atoms with Crippen LogP contribution in [0.4, 0.5) is 0 Å². The minimum atomic E-state index is 0.117. The van der Waals surface area contributed by atoms with Crippen molar-refractivity contribution >= 4 is 0 Å². The van der Waals surface area contributed by atoms with Crippen LogP contribution in [0.3, 0.4) is 0 Å². The average Bonchev–Trinajstić information content (AvgIpc) is 2.28. The standard InChI is InChI=1S/C13H19NO2/c1-16-13-6-12(7-13)14-8-10-2-4-11(9-15)5-3-10/h2-5,12-15H,6-9H2,1H3. The summed E-state index contributed by atoms with van der Waals surface area (Å²) in [5, 5.41) is 12.4. The molecule has 1 aliphatic carbocycles. The van der Waals surface area contributed by atoms with Crippen molar-refractivity contribution < 1.29 is 9.84 Å². The largest absolute Gasteiger partial charge is 0.392 e. The SMILES string of the molecule is COC1CC(NCc2ccc(CO)cc2)C1. The molecule has 1 fully saturated rings. The minimum absolute atomic E-state index is 0.117. The van der Waals surface area contributed by atoms with Gasteiger partial charge in [0.05, 0.1) is 12.7 Å². The van der Waals surface area contributed by atoms with Crippen molar-refractivity contribution in [2.24, 2.45) is 0 Å². The van der Waals surface area contributed by atoms with Crippen molar-refractivity contribution in [3.05, 3.63) is 35.4 Å². The minimum Gasteiger partial charge on any atom is -0.392 e. The molecule has 0 aromatic heterocycles. The Hall–Kier alpha value is -0.900. The molecular weight excluding hydrogens is 202 g/mol. The zero-order valence-corrected chi connectivity index (χ0v) is 9.65. The number of hydrogen-bond acceptors (Lipinski definition) is 3. The summed E-state index contributed by atoms with van der Waals surface area (Å²) in [6, 6.07) is 8.66. The maximum atomic E-state index is 8.92. The molecule has 0 spiro atoms. The second kappa shape index (κ2) is 5.43. The first-order valence-electron chi connectivity index (χ1n) is 5.76. The number of rotatable bonds is 5. The zero-order chi connectivity index (χ0) is 11.4. The van der Waals surface area contributed by atoms with Crippen LogP contribution < -0.4 is 5.32 Å². The Labute approximate surface area is 96.4 Å². The molecule has 0 bridgehead atoms. The fraction of sp³-hybridized carbons (Fsp3) is 0.538. The fourth-order valence-corrected chi connectivity index (χ4v) is 1.95. The second-order valence-corrected chi connectivity index (χ2v) is 4.38. The third-order valence-electron chi connectivity index (χ3n) is 3.23. The molecule has 1 saturated carbocycles. The lowest BCUT2D eigenvalue weighted by atomic mass is 9.89. The highest BCUT2D eigenvalue weighted by atomic mass is 16.5. The second-order valence-electron chi connectivity index (χ2n) is 4.38. The third-order valence-corrected chi connectivity index (χ3v) is 3.23. The van der Waals surface area contributed by atoms with E-state index in [-0.39, 0.29) is 6.61 Å². The Bertz CT molecular complexity index is 317. The third kappa shape index (κ3) is 2.82. The summed E-state index contributed by atoms with van der Waals surface area (Å²) in [4.78, 5) is 0. The highest BCUT2D eigenvalue weighted by Gasteiger charge is 2.28. The zero-order valence-electron chi connectivity index (χ0n) is 9.65. The molecule has 1 aromatic rings. The number of aliphatic hydroxyl groups excluding tert-OH is 1. The van der Waals surface area contributed by atoms with Crippen molar-refractivity contribution in [3.63, 3.8) is 0 Å². The van der Waals surface area contributed by atoms with E-state index in [0.29, 0.717) is 12.1 Å². The number of ether oxygens (including phenoxy) is 1. The van der Waals surface area contributed by atoms with Gasteiger partial charge in [-0.1, -0.05) is 24.3 Å². The van der Waals surface area contributed by atoms with Crippen LogP contribution >= 0.6 is 0 Å². The van der Waals surface area contributed by atoms with E-state index in [1.165, 1.54) is 5.56 Å². The molecule has 0 amide bonds. The summed E-state index contributed by atoms with van der Waals surface area (Å²) in [6.07, 6.45) is 2.69. The van der Waals surface area contributed by atoms with Crippen LogP contribution in [0.25, 0.3) is 0 Å². The van der Waals surface area contributed by atoms with E-state index in [1.807, 2.05) is 12.1 Å². The lowest BCUT2D eigenvalue weighted by molar-refractivity contribution is 0.0170. The quantitative estimate of drug-likeness (QED) is 0.790. The number of methoxy groups -OCH3 is 1. The van der Waals surface area contributed by atoms with Crippen LogP contribution in [-0.4, -0.2) is 24.4 Å². The van der Waals surface area contributed by atoms with Crippen LogP contribution in [-0.2, 0) is 17.9 Å². The highest BCUT2D eigenvalue weighted by Crippen LogP contribution is 2.22. The summed E-state index contributed by atoms with van der Waals surface area (Å²) < 4.78 is 5.23. The molecule has 0 atom stereocenters. The number of aliphatic hydroxyl groups is 1. The monoisotopic (exact) mass is 221 g/mol. The molecule has 88 valence electrons. The lowest BCUT2D eigenvalue weighted by Crippen LogP contribution is -2.44. The van der Waals surface area contributed by atoms with Gasteiger partial charge in [-0.05, 0) is 24.0 Å². The molecule has 2 rings (SSSR count). The fourth-order valence-electron chi connectivity index (χ4n) is 1.95. The molecule has 1 aliphatic rings. The summed E-state index contributed by atoms with van der Waals surface area (Å²) in [5.41, 5.74) is 2.23. The van der Waals surface area contributed by atoms with E-state index in [2.05, 4.69) is 17.4 Å². The first-order valence-corrected chi connectivity index (χ1v) is 5.76. The summed E-state index contributed by atoms with van der Waals surface area (Å²) in [6.45, 7) is 1.01. The van der Waals surface area contributed by atoms with Crippen molar-refractivity contribution in [3.8, 4) is 0 Å². The molecule has 0 radical (unpaired) electrons. The summed E-state index contributed by atoms with van der Waals surface area (Å²) >= 11 is 0. The van der Waals surface area contributed by atoms with Gasteiger partial charge in [0.2, 0.25) is 0 Å². The van der Waals surface area contributed by atoms with Gasteiger partial charge in [-0.2, -0.15) is 0 Å².